The normalized spacial score (nSPS) is 30.6. The van der Waals surface area contributed by atoms with Gasteiger partial charge in [-0.1, -0.05) is 27.2 Å². The average molecular weight is 296 g/mol. The van der Waals surface area contributed by atoms with Gasteiger partial charge in [0.2, 0.25) is 0 Å². The standard InChI is InChI=1S/C19H37NO/c1-18(2,3)15-8-7-9-17(14-15)21-16-10-12-20(13-11-16)19(4,5)6/h15-17H,7-14H2,1-6H3. The van der Waals surface area contributed by atoms with Crippen LogP contribution in [0.3, 0.4) is 0 Å². The average Bonchev–Trinajstić information content (AvgIpc) is 2.37. The van der Waals surface area contributed by atoms with Crippen molar-refractivity contribution < 1.29 is 4.74 Å². The molecule has 0 bridgehead atoms. The van der Waals surface area contributed by atoms with Crippen LogP contribution in [0.1, 0.15) is 80.1 Å². The second-order valence-electron chi connectivity index (χ2n) is 9.34. The summed E-state index contributed by atoms with van der Waals surface area (Å²) in [6.07, 6.45) is 8.78. The van der Waals surface area contributed by atoms with Gasteiger partial charge in [0, 0.05) is 18.6 Å². The number of ether oxygens (including phenoxy) is 1. The Labute approximate surface area is 132 Å². The van der Waals surface area contributed by atoms with Crippen molar-refractivity contribution in [3.63, 3.8) is 0 Å². The Bertz CT molecular complexity index is 317. The van der Waals surface area contributed by atoms with E-state index in [1.807, 2.05) is 0 Å². The highest BCUT2D eigenvalue weighted by Crippen LogP contribution is 2.39. The van der Waals surface area contributed by atoms with Crippen LogP contribution in [0.2, 0.25) is 0 Å². The van der Waals surface area contributed by atoms with E-state index in [0.717, 1.165) is 5.92 Å². The third kappa shape index (κ3) is 4.96. The molecule has 0 radical (unpaired) electrons. The molecule has 0 aromatic heterocycles. The van der Waals surface area contributed by atoms with Crippen molar-refractivity contribution in [1.29, 1.82) is 0 Å². The topological polar surface area (TPSA) is 12.5 Å². The fourth-order valence-electron chi connectivity index (χ4n) is 3.99. The van der Waals surface area contributed by atoms with Crippen molar-refractivity contribution >= 4 is 0 Å². The number of hydrogen-bond acceptors (Lipinski definition) is 2. The predicted molar refractivity (Wildman–Crippen MR) is 90.6 cm³/mol. The molecule has 2 nitrogen and oxygen atoms in total. The molecule has 21 heavy (non-hydrogen) atoms. The van der Waals surface area contributed by atoms with E-state index in [9.17, 15) is 0 Å². The van der Waals surface area contributed by atoms with Gasteiger partial charge in [-0.05, 0) is 64.2 Å². The van der Waals surface area contributed by atoms with E-state index in [1.54, 1.807) is 0 Å². The number of rotatable bonds is 2. The van der Waals surface area contributed by atoms with Crippen molar-refractivity contribution in [2.75, 3.05) is 13.1 Å². The molecule has 1 aliphatic heterocycles. The Morgan fingerprint density at radius 1 is 0.810 bits per heavy atom. The van der Waals surface area contributed by atoms with Crippen molar-refractivity contribution in [2.45, 2.75) is 97.8 Å². The molecule has 1 saturated heterocycles. The van der Waals surface area contributed by atoms with Gasteiger partial charge in [-0.2, -0.15) is 0 Å². The minimum absolute atomic E-state index is 0.313. The lowest BCUT2D eigenvalue weighted by atomic mass is 9.71. The van der Waals surface area contributed by atoms with E-state index in [4.69, 9.17) is 4.74 Å². The van der Waals surface area contributed by atoms with E-state index in [-0.39, 0.29) is 0 Å². The highest BCUT2D eigenvalue weighted by atomic mass is 16.5. The van der Waals surface area contributed by atoms with E-state index in [1.165, 1.54) is 51.6 Å². The summed E-state index contributed by atoms with van der Waals surface area (Å²) in [5.74, 6) is 0.839. The molecule has 1 aliphatic carbocycles. The summed E-state index contributed by atoms with van der Waals surface area (Å²) in [7, 11) is 0. The molecular weight excluding hydrogens is 258 g/mol. The second-order valence-corrected chi connectivity index (χ2v) is 9.34. The van der Waals surface area contributed by atoms with Gasteiger partial charge in [0.25, 0.3) is 0 Å². The molecule has 0 spiro atoms. The molecule has 0 N–H and O–H groups in total. The molecule has 1 heterocycles. The third-order valence-electron chi connectivity index (χ3n) is 5.63. The number of piperidine rings is 1. The number of hydrogen-bond donors (Lipinski definition) is 0. The summed E-state index contributed by atoms with van der Waals surface area (Å²) >= 11 is 0. The van der Waals surface area contributed by atoms with Crippen LogP contribution in [0.4, 0.5) is 0 Å². The Morgan fingerprint density at radius 2 is 1.43 bits per heavy atom. The van der Waals surface area contributed by atoms with Gasteiger partial charge in [0.15, 0.2) is 0 Å². The van der Waals surface area contributed by atoms with Gasteiger partial charge in [-0.15, -0.1) is 0 Å². The minimum atomic E-state index is 0.313. The van der Waals surface area contributed by atoms with Crippen LogP contribution >= 0.6 is 0 Å². The highest BCUT2D eigenvalue weighted by Gasteiger charge is 2.33. The zero-order chi connectivity index (χ0) is 15.7. The summed E-state index contributed by atoms with van der Waals surface area (Å²) in [6.45, 7) is 16.5. The smallest absolute Gasteiger partial charge is 0.0603 e. The monoisotopic (exact) mass is 295 g/mol. The maximum atomic E-state index is 6.49. The molecule has 2 aliphatic rings. The molecule has 0 aromatic rings. The van der Waals surface area contributed by atoms with E-state index < -0.39 is 0 Å². The lowest BCUT2D eigenvalue weighted by Gasteiger charge is -2.43. The van der Waals surface area contributed by atoms with Crippen molar-refractivity contribution in [1.82, 2.24) is 4.90 Å². The molecule has 2 fully saturated rings. The summed E-state index contributed by atoms with van der Waals surface area (Å²) in [5.41, 5.74) is 0.755. The maximum absolute atomic E-state index is 6.49. The van der Waals surface area contributed by atoms with Gasteiger partial charge in [-0.3, -0.25) is 4.90 Å². The van der Waals surface area contributed by atoms with E-state index >= 15 is 0 Å². The zero-order valence-electron chi connectivity index (χ0n) is 15.2. The first kappa shape index (κ1) is 17.3. The molecular formula is C19H37NO. The summed E-state index contributed by atoms with van der Waals surface area (Å²) in [4.78, 5) is 2.60. The highest BCUT2D eigenvalue weighted by molar-refractivity contribution is 4.85. The first-order valence-corrected chi connectivity index (χ1v) is 9.07. The molecule has 2 heteroatoms. The van der Waals surface area contributed by atoms with Crippen molar-refractivity contribution in [3.05, 3.63) is 0 Å². The van der Waals surface area contributed by atoms with Crippen LogP contribution in [0, 0.1) is 11.3 Å². The first-order chi connectivity index (χ1) is 9.66. The Balaban J connectivity index is 1.78. The van der Waals surface area contributed by atoms with Gasteiger partial charge >= 0.3 is 0 Å². The third-order valence-corrected chi connectivity index (χ3v) is 5.63. The summed E-state index contributed by atoms with van der Waals surface area (Å²) in [6, 6.07) is 0. The predicted octanol–water partition coefficient (Wildman–Crippen LogP) is 4.87. The van der Waals surface area contributed by atoms with Crippen LogP contribution in [0.15, 0.2) is 0 Å². The Morgan fingerprint density at radius 3 is 1.95 bits per heavy atom. The molecule has 0 aromatic carbocycles. The van der Waals surface area contributed by atoms with Crippen LogP contribution in [0.5, 0.6) is 0 Å². The number of likely N-dealkylation sites (tertiary alicyclic amines) is 1. The van der Waals surface area contributed by atoms with Crippen LogP contribution in [0.25, 0.3) is 0 Å². The fourth-order valence-corrected chi connectivity index (χ4v) is 3.99. The Hall–Kier alpha value is -0.0800. The lowest BCUT2D eigenvalue weighted by molar-refractivity contribution is -0.0799. The minimum Gasteiger partial charge on any atom is -0.375 e. The molecule has 2 atom stereocenters. The Kier molecular flexibility index (Phi) is 5.41. The van der Waals surface area contributed by atoms with Gasteiger partial charge in [0.05, 0.1) is 12.2 Å². The van der Waals surface area contributed by atoms with Gasteiger partial charge in [-0.25, -0.2) is 0 Å². The van der Waals surface area contributed by atoms with Gasteiger partial charge < -0.3 is 4.74 Å². The summed E-state index contributed by atoms with van der Waals surface area (Å²) < 4.78 is 6.49. The molecule has 2 rings (SSSR count). The van der Waals surface area contributed by atoms with Crippen molar-refractivity contribution in [2.24, 2.45) is 11.3 Å². The van der Waals surface area contributed by atoms with Crippen LogP contribution < -0.4 is 0 Å². The molecule has 124 valence electrons. The quantitative estimate of drug-likeness (QED) is 0.720. The maximum Gasteiger partial charge on any atom is 0.0603 e. The lowest BCUT2D eigenvalue weighted by Crippen LogP contribution is -2.48. The zero-order valence-corrected chi connectivity index (χ0v) is 15.2. The molecule has 0 amide bonds. The second kappa shape index (κ2) is 6.58. The van der Waals surface area contributed by atoms with Crippen molar-refractivity contribution in [3.8, 4) is 0 Å². The fraction of sp³-hybridized carbons (Fsp3) is 1.00. The van der Waals surface area contributed by atoms with Crippen LogP contribution in [-0.2, 0) is 4.74 Å². The SMILES string of the molecule is CC(C)(C)C1CCCC(OC2CCN(C(C)(C)C)CC2)C1. The summed E-state index contributed by atoms with van der Waals surface area (Å²) in [5, 5.41) is 0. The number of nitrogens with zero attached hydrogens (tertiary/aromatic N) is 1. The van der Waals surface area contributed by atoms with Gasteiger partial charge in [0.1, 0.15) is 0 Å². The largest absolute Gasteiger partial charge is 0.375 e. The van der Waals surface area contributed by atoms with E-state index in [0.29, 0.717) is 23.2 Å². The first-order valence-electron chi connectivity index (χ1n) is 9.07. The van der Waals surface area contributed by atoms with E-state index in [2.05, 4.69) is 46.4 Å². The molecule has 1 saturated carbocycles. The van der Waals surface area contributed by atoms with Crippen LogP contribution in [-0.4, -0.2) is 35.7 Å². The molecule has 2 unspecified atom stereocenters.